The number of hydrogen-bond donors (Lipinski definition) is 0. The zero-order valence-corrected chi connectivity index (χ0v) is 8.44. The van der Waals surface area contributed by atoms with Gasteiger partial charge in [0, 0.05) is 12.2 Å². The largest absolute Gasteiger partial charge is 0.301 e. The zero-order chi connectivity index (χ0) is 10.9. The number of hydrogen-bond acceptors (Lipinski definition) is 3. The molecule has 1 saturated carbocycles. The van der Waals surface area contributed by atoms with Crippen molar-refractivity contribution in [3.8, 4) is 0 Å². The van der Waals surface area contributed by atoms with Gasteiger partial charge in [0.25, 0.3) is 11.8 Å². The molecule has 0 aromatic heterocycles. The van der Waals surface area contributed by atoms with Crippen LogP contribution in [0.1, 0.15) is 32.1 Å². The van der Waals surface area contributed by atoms with Gasteiger partial charge < -0.3 is 4.79 Å². The van der Waals surface area contributed by atoms with Crippen LogP contribution in [0.5, 0.6) is 0 Å². The Morgan fingerprint density at radius 3 is 2.07 bits per heavy atom. The molecule has 1 aliphatic heterocycles. The molecule has 0 N–H and O–H groups in total. The molecule has 80 valence electrons. The lowest BCUT2D eigenvalue weighted by molar-refractivity contribution is -0.149. The molecule has 1 fully saturated rings. The average molecular weight is 207 g/mol. The van der Waals surface area contributed by atoms with Crippen LogP contribution in [0.2, 0.25) is 0 Å². The number of carbonyl (C=O) groups excluding carboxylic acids is 3. The van der Waals surface area contributed by atoms with Crippen molar-refractivity contribution < 1.29 is 14.4 Å². The van der Waals surface area contributed by atoms with Crippen LogP contribution in [0.3, 0.4) is 0 Å². The van der Waals surface area contributed by atoms with Gasteiger partial charge in [-0.25, -0.2) is 0 Å². The molecule has 2 amide bonds. The second-order valence-corrected chi connectivity index (χ2v) is 4.13. The van der Waals surface area contributed by atoms with Gasteiger partial charge in [0.05, 0.1) is 0 Å². The normalized spacial score (nSPS) is 24.7. The van der Waals surface area contributed by atoms with Crippen LogP contribution in [0.4, 0.5) is 0 Å². The number of carbonyl (C=O) groups is 3. The summed E-state index contributed by atoms with van der Waals surface area (Å²) in [6.07, 6.45) is 7.33. The van der Waals surface area contributed by atoms with Crippen LogP contribution in [-0.2, 0) is 14.4 Å². The van der Waals surface area contributed by atoms with E-state index in [1.807, 2.05) is 0 Å². The van der Waals surface area contributed by atoms with Gasteiger partial charge in [-0.1, -0.05) is 19.3 Å². The predicted octanol–water partition coefficient (Wildman–Crippen LogP) is 0.813. The minimum atomic E-state index is -0.865. The summed E-state index contributed by atoms with van der Waals surface area (Å²) in [6, 6.07) is 0. The summed E-state index contributed by atoms with van der Waals surface area (Å²) in [5.74, 6) is -0.706. The lowest BCUT2D eigenvalue weighted by Crippen LogP contribution is -2.54. The van der Waals surface area contributed by atoms with Gasteiger partial charge in [0.15, 0.2) is 0 Å². The van der Waals surface area contributed by atoms with E-state index in [2.05, 4.69) is 0 Å². The first kappa shape index (κ1) is 10.1. The zero-order valence-electron chi connectivity index (χ0n) is 8.44. The minimum Gasteiger partial charge on any atom is -0.301 e. The van der Waals surface area contributed by atoms with Crippen LogP contribution >= 0.6 is 0 Å². The Hall–Kier alpha value is -1.45. The Kier molecular flexibility index (Phi) is 2.42. The van der Waals surface area contributed by atoms with Gasteiger partial charge in [-0.2, -0.15) is 0 Å². The fourth-order valence-corrected chi connectivity index (χ4v) is 2.40. The molecule has 0 unspecified atom stereocenters. The van der Waals surface area contributed by atoms with E-state index in [0.29, 0.717) is 12.8 Å². The van der Waals surface area contributed by atoms with Crippen LogP contribution in [0.25, 0.3) is 0 Å². The molecule has 1 heterocycles. The highest BCUT2D eigenvalue weighted by Crippen LogP contribution is 2.33. The van der Waals surface area contributed by atoms with Crippen LogP contribution in [-0.4, -0.2) is 28.5 Å². The summed E-state index contributed by atoms with van der Waals surface area (Å²) in [5, 5.41) is 0. The molecule has 4 nitrogen and oxygen atoms in total. The minimum absolute atomic E-state index is 0.353. The number of amides is 2. The molecule has 4 heteroatoms. The number of imide groups is 1. The van der Waals surface area contributed by atoms with Crippen LogP contribution in [0, 0.1) is 0 Å². The van der Waals surface area contributed by atoms with Gasteiger partial charge >= 0.3 is 0 Å². The SMILES string of the molecule is O=CC1(N2C(=O)C=CC2=O)CCCCC1. The van der Waals surface area contributed by atoms with E-state index in [1.54, 1.807) is 0 Å². The number of nitrogens with zero attached hydrogens (tertiary/aromatic N) is 1. The fraction of sp³-hybridized carbons (Fsp3) is 0.545. The van der Waals surface area contributed by atoms with E-state index in [1.165, 1.54) is 12.2 Å². The Balaban J connectivity index is 2.29. The quantitative estimate of drug-likeness (QED) is 0.497. The van der Waals surface area contributed by atoms with E-state index >= 15 is 0 Å². The van der Waals surface area contributed by atoms with Gasteiger partial charge in [-0.3, -0.25) is 14.5 Å². The highest BCUT2D eigenvalue weighted by atomic mass is 16.2. The van der Waals surface area contributed by atoms with Gasteiger partial charge in [0.1, 0.15) is 11.8 Å². The van der Waals surface area contributed by atoms with Crippen LogP contribution < -0.4 is 0 Å². The van der Waals surface area contributed by atoms with Gasteiger partial charge in [-0.05, 0) is 12.8 Å². The summed E-state index contributed by atoms with van der Waals surface area (Å²) < 4.78 is 0. The number of rotatable bonds is 2. The molecular formula is C11H13NO3. The fourth-order valence-electron chi connectivity index (χ4n) is 2.40. The van der Waals surface area contributed by atoms with E-state index in [0.717, 1.165) is 30.4 Å². The maximum Gasteiger partial charge on any atom is 0.254 e. The average Bonchev–Trinajstić information content (AvgIpc) is 2.60. The first-order chi connectivity index (χ1) is 7.19. The van der Waals surface area contributed by atoms with Crippen molar-refractivity contribution in [2.45, 2.75) is 37.6 Å². The van der Waals surface area contributed by atoms with Gasteiger partial charge in [0.2, 0.25) is 0 Å². The third-order valence-corrected chi connectivity index (χ3v) is 3.19. The van der Waals surface area contributed by atoms with Crippen molar-refractivity contribution in [1.29, 1.82) is 0 Å². The first-order valence-corrected chi connectivity index (χ1v) is 5.22. The maximum absolute atomic E-state index is 11.5. The first-order valence-electron chi connectivity index (χ1n) is 5.22. The third-order valence-electron chi connectivity index (χ3n) is 3.19. The molecular weight excluding hydrogens is 194 g/mol. The molecule has 0 saturated heterocycles. The third kappa shape index (κ3) is 1.50. The standard InChI is InChI=1S/C11H13NO3/c13-8-11(6-2-1-3-7-11)12-9(14)4-5-10(12)15/h4-5,8H,1-3,6-7H2. The highest BCUT2D eigenvalue weighted by molar-refractivity contribution is 6.14. The summed E-state index contributed by atoms with van der Waals surface area (Å²) >= 11 is 0. The molecule has 15 heavy (non-hydrogen) atoms. The molecule has 0 spiro atoms. The molecule has 1 aliphatic carbocycles. The summed E-state index contributed by atoms with van der Waals surface area (Å²) in [7, 11) is 0. The molecule has 2 rings (SSSR count). The lowest BCUT2D eigenvalue weighted by Gasteiger charge is -2.38. The summed E-state index contributed by atoms with van der Waals surface area (Å²) in [4.78, 5) is 35.3. The smallest absolute Gasteiger partial charge is 0.254 e. The summed E-state index contributed by atoms with van der Waals surface area (Å²) in [6.45, 7) is 0. The Labute approximate surface area is 87.9 Å². The second kappa shape index (κ2) is 3.61. The Bertz CT molecular complexity index is 322. The molecule has 0 bridgehead atoms. The van der Waals surface area contributed by atoms with Crippen molar-refractivity contribution in [2.24, 2.45) is 0 Å². The second-order valence-electron chi connectivity index (χ2n) is 4.13. The van der Waals surface area contributed by atoms with Gasteiger partial charge in [-0.15, -0.1) is 0 Å². The molecule has 0 radical (unpaired) electrons. The monoisotopic (exact) mass is 207 g/mol. The van der Waals surface area contributed by atoms with E-state index in [9.17, 15) is 14.4 Å². The van der Waals surface area contributed by atoms with E-state index in [4.69, 9.17) is 0 Å². The highest BCUT2D eigenvalue weighted by Gasteiger charge is 2.44. The number of aldehydes is 1. The Morgan fingerprint density at radius 2 is 1.60 bits per heavy atom. The van der Waals surface area contributed by atoms with E-state index < -0.39 is 5.54 Å². The van der Waals surface area contributed by atoms with E-state index in [-0.39, 0.29) is 11.8 Å². The van der Waals surface area contributed by atoms with Crippen molar-refractivity contribution in [1.82, 2.24) is 4.90 Å². The summed E-state index contributed by atoms with van der Waals surface area (Å²) in [5.41, 5.74) is -0.865. The van der Waals surface area contributed by atoms with Crippen LogP contribution in [0.15, 0.2) is 12.2 Å². The molecule has 0 aromatic rings. The Morgan fingerprint density at radius 1 is 1.07 bits per heavy atom. The predicted molar refractivity (Wildman–Crippen MR) is 52.9 cm³/mol. The molecule has 0 atom stereocenters. The maximum atomic E-state index is 11.5. The van der Waals surface area contributed by atoms with Crippen molar-refractivity contribution >= 4 is 18.1 Å². The van der Waals surface area contributed by atoms with Crippen molar-refractivity contribution in [3.63, 3.8) is 0 Å². The lowest BCUT2D eigenvalue weighted by atomic mass is 9.81. The van der Waals surface area contributed by atoms with Crippen molar-refractivity contribution in [3.05, 3.63) is 12.2 Å². The van der Waals surface area contributed by atoms with Crippen molar-refractivity contribution in [2.75, 3.05) is 0 Å². The topological polar surface area (TPSA) is 54.5 Å². The molecule has 2 aliphatic rings. The molecule has 0 aromatic carbocycles.